The fourth-order valence-electron chi connectivity index (χ4n) is 20.6. The average molecular weight is 1590 g/mol. The molecule has 28 rings (SSSR count). The van der Waals surface area contributed by atoms with Crippen LogP contribution in [0, 0.1) is 0 Å². The second-order valence-corrected chi connectivity index (χ2v) is 32.8. The van der Waals surface area contributed by atoms with Gasteiger partial charge in [-0.2, -0.15) is 0 Å². The first-order valence-electron chi connectivity index (χ1n) is 42.6. The van der Waals surface area contributed by atoms with Gasteiger partial charge in [0.1, 0.15) is 11.3 Å². The molecule has 0 saturated carbocycles. The van der Waals surface area contributed by atoms with Crippen molar-refractivity contribution < 1.29 is 0 Å². The minimum absolute atomic E-state index is 0.809. The lowest BCUT2D eigenvalue weighted by atomic mass is 9.98. The van der Waals surface area contributed by atoms with Crippen LogP contribution < -0.4 is 0 Å². The maximum atomic E-state index is 5.45. The van der Waals surface area contributed by atoms with E-state index in [0.717, 1.165) is 122 Å². The van der Waals surface area contributed by atoms with E-state index in [1.807, 2.05) is 12.1 Å². The molecule has 0 spiro atoms. The summed E-state index contributed by atoms with van der Waals surface area (Å²) in [7, 11) is 0. The third-order valence-corrected chi connectivity index (χ3v) is 26.1. The lowest BCUT2D eigenvalue weighted by Gasteiger charge is -2.16. The Labute approximate surface area is 713 Å². The molecule has 19 aromatic carbocycles. The highest BCUT2D eigenvalue weighted by Crippen LogP contribution is 2.46. The highest BCUT2D eigenvalue weighted by molar-refractivity contribution is 6.24. The van der Waals surface area contributed by atoms with Crippen molar-refractivity contribution >= 4 is 186 Å². The Morgan fingerprint density at radius 1 is 0.152 bits per heavy atom. The Hall–Kier alpha value is -17.0. The van der Waals surface area contributed by atoms with E-state index >= 15 is 0 Å². The summed E-state index contributed by atoms with van der Waals surface area (Å²) in [5.74, 6) is 1.64. The molecule has 0 saturated heterocycles. The number of rotatable bonds is 8. The predicted molar refractivity (Wildman–Crippen MR) is 519 cm³/mol. The quantitative estimate of drug-likeness (QED) is 0.152. The molecule has 580 valence electrons. The van der Waals surface area contributed by atoms with Crippen molar-refractivity contribution in [1.82, 2.24) is 51.6 Å². The molecule has 9 aromatic heterocycles. The number of nitrogens with zero attached hydrogens (tertiary/aromatic N) is 11. The largest absolute Gasteiger partial charge is 0.309 e. The van der Waals surface area contributed by atoms with Crippen molar-refractivity contribution in [1.29, 1.82) is 0 Å². The van der Waals surface area contributed by atoms with E-state index in [2.05, 4.69) is 438 Å². The van der Waals surface area contributed by atoms with Crippen LogP contribution >= 0.6 is 0 Å². The molecule has 0 fully saturated rings. The van der Waals surface area contributed by atoms with Gasteiger partial charge in [-0.25, -0.2) is 19.9 Å². The fourth-order valence-corrected chi connectivity index (χ4v) is 20.6. The second kappa shape index (κ2) is 26.7. The number of hydrogen-bond acceptors (Lipinski definition) is 4. The lowest BCUT2D eigenvalue weighted by molar-refractivity contribution is 0.979. The molecular formula is C114H69N11. The van der Waals surface area contributed by atoms with Gasteiger partial charge in [0.2, 0.25) is 11.9 Å². The third-order valence-electron chi connectivity index (χ3n) is 26.1. The van der Waals surface area contributed by atoms with Crippen molar-refractivity contribution in [2.75, 3.05) is 0 Å². The first-order chi connectivity index (χ1) is 62.0. The first kappa shape index (κ1) is 68.8. The summed E-state index contributed by atoms with van der Waals surface area (Å²) in [5, 5.41) is 19.2. The standard InChI is InChI=1S/C64H38N6.C50H31N5/c1-3-17-45-39(15-1)29-33-59-61(45)49-21-7-12-26-55(49)67(59)43-35-42(36-44(38-43)68-56-27-13-8-22-50(56)62-46-18-4-2-16-40(46)30-34-60(62)68)41-31-32-57-51(37-41)47-19-6-11-25-54(47)69(57)64-66-52-23-9-5-20-48(52)63-65-53-24-10-14-28-58(53)70(63)64;1-2-12-36(13-3-1)53-44-19-9-5-14-37(44)40-30-34(26-28-46(40)53)32-22-24-33(25-23-32)35-27-29-47-41(31-35)38-15-6-10-20-45(38)54(47)50-52-42-17-7-4-16-39(42)49-51-43-18-8-11-21-48(43)55(49)50/h1-38H;1-31H. The number of hydrogen-bond donors (Lipinski definition) is 0. The summed E-state index contributed by atoms with van der Waals surface area (Å²) in [5.41, 5.74) is 29.4. The van der Waals surface area contributed by atoms with Crippen LogP contribution in [0.1, 0.15) is 0 Å². The van der Waals surface area contributed by atoms with Gasteiger partial charge < -0.3 is 13.7 Å². The first-order valence-corrected chi connectivity index (χ1v) is 42.6. The number of para-hydroxylation sites is 12. The van der Waals surface area contributed by atoms with Crippen LogP contribution in [-0.2, 0) is 0 Å². The topological polar surface area (TPSA) is 85.0 Å². The van der Waals surface area contributed by atoms with Gasteiger partial charge in [-0.1, -0.05) is 261 Å². The highest BCUT2D eigenvalue weighted by Gasteiger charge is 2.26. The van der Waals surface area contributed by atoms with Gasteiger partial charge in [0.25, 0.3) is 0 Å². The summed E-state index contributed by atoms with van der Waals surface area (Å²) in [6.07, 6.45) is 0. The van der Waals surface area contributed by atoms with Crippen LogP contribution in [0.5, 0.6) is 0 Å². The smallest absolute Gasteiger partial charge is 0.221 e. The SMILES string of the molecule is c1ccc(-n2c3ccccc3c3cc(-c4ccc(-c5ccc6c(c5)c5ccccc5n6-c5nc6ccccc6c6nc7ccccc7n56)cc4)ccc32)cc1.c1ccc2c(c1)ccc1c2c2ccccc2n1-c1cc(-c2ccc3c(c2)c2ccccc2n3-c2nc3ccccc3c3nc4ccccc4n23)cc(-n2c3ccccc3c3c4ccccc4ccc32)c1. The van der Waals surface area contributed by atoms with Crippen LogP contribution in [0.15, 0.2) is 419 Å². The van der Waals surface area contributed by atoms with Crippen molar-refractivity contribution in [2.24, 2.45) is 0 Å². The summed E-state index contributed by atoms with van der Waals surface area (Å²) in [6.45, 7) is 0. The number of benzene rings is 19. The predicted octanol–water partition coefficient (Wildman–Crippen LogP) is 28.9. The maximum Gasteiger partial charge on any atom is 0.221 e. The Morgan fingerprint density at radius 3 is 0.880 bits per heavy atom. The molecule has 0 unspecified atom stereocenters. The second-order valence-electron chi connectivity index (χ2n) is 32.8. The highest BCUT2D eigenvalue weighted by atomic mass is 15.2. The number of fused-ring (bicyclic) bond motifs is 29. The van der Waals surface area contributed by atoms with Crippen LogP contribution in [0.2, 0.25) is 0 Å². The third kappa shape index (κ3) is 10.3. The molecule has 0 aliphatic carbocycles. The van der Waals surface area contributed by atoms with Crippen molar-refractivity contribution in [3.63, 3.8) is 0 Å². The van der Waals surface area contributed by atoms with E-state index in [1.54, 1.807) is 0 Å². The minimum Gasteiger partial charge on any atom is -0.309 e. The van der Waals surface area contributed by atoms with Crippen molar-refractivity contribution in [2.45, 2.75) is 0 Å². The molecule has 28 aromatic rings. The monoisotopic (exact) mass is 1590 g/mol. The van der Waals surface area contributed by atoms with Crippen LogP contribution in [0.4, 0.5) is 0 Å². The molecule has 0 bridgehead atoms. The summed E-state index contributed by atoms with van der Waals surface area (Å²) in [6, 6.07) is 151. The van der Waals surface area contributed by atoms with E-state index in [-0.39, 0.29) is 0 Å². The number of imidazole rings is 2. The Morgan fingerprint density at radius 2 is 0.448 bits per heavy atom. The Kier molecular flexibility index (Phi) is 14.7. The Balaban J connectivity index is 0.000000134. The van der Waals surface area contributed by atoms with Gasteiger partial charge >= 0.3 is 0 Å². The zero-order valence-corrected chi connectivity index (χ0v) is 67.3. The molecule has 11 heteroatoms. The molecule has 0 N–H and O–H groups in total. The average Bonchev–Trinajstić information content (AvgIpc) is 1.55. The molecule has 11 nitrogen and oxygen atoms in total. The van der Waals surface area contributed by atoms with Gasteiger partial charge in [-0.15, -0.1) is 0 Å². The van der Waals surface area contributed by atoms with E-state index in [0.29, 0.717) is 0 Å². The van der Waals surface area contributed by atoms with Crippen LogP contribution in [-0.4, -0.2) is 51.6 Å². The molecular weight excluding hydrogens is 1520 g/mol. The minimum atomic E-state index is 0.809. The van der Waals surface area contributed by atoms with Crippen LogP contribution in [0.25, 0.3) is 248 Å². The van der Waals surface area contributed by atoms with Gasteiger partial charge in [-0.3, -0.25) is 17.9 Å². The summed E-state index contributed by atoms with van der Waals surface area (Å²) >= 11 is 0. The molecule has 0 aliphatic heterocycles. The normalized spacial score (nSPS) is 12.2. The zero-order valence-electron chi connectivity index (χ0n) is 67.3. The van der Waals surface area contributed by atoms with Gasteiger partial charge in [0.05, 0.1) is 88.3 Å². The van der Waals surface area contributed by atoms with E-state index in [9.17, 15) is 0 Å². The van der Waals surface area contributed by atoms with Crippen LogP contribution in [0.3, 0.4) is 0 Å². The van der Waals surface area contributed by atoms with Gasteiger partial charge in [0.15, 0.2) is 0 Å². The summed E-state index contributed by atoms with van der Waals surface area (Å²) < 4.78 is 16.4. The maximum absolute atomic E-state index is 5.45. The zero-order chi connectivity index (χ0) is 81.6. The Bertz CT molecular complexity index is 9290. The van der Waals surface area contributed by atoms with E-state index < -0.39 is 0 Å². The number of aromatic nitrogens is 11. The molecule has 0 radical (unpaired) electrons. The molecule has 125 heavy (non-hydrogen) atoms. The molecule has 0 amide bonds. The molecule has 9 heterocycles. The van der Waals surface area contributed by atoms with E-state index in [4.69, 9.17) is 19.9 Å². The van der Waals surface area contributed by atoms with Crippen molar-refractivity contribution in [3.05, 3.63) is 419 Å². The molecule has 0 atom stereocenters. The molecule has 0 aliphatic rings. The fraction of sp³-hybridized carbons (Fsp3) is 0. The lowest BCUT2D eigenvalue weighted by Crippen LogP contribution is -2.06. The van der Waals surface area contributed by atoms with E-state index in [1.165, 1.54) is 126 Å². The van der Waals surface area contributed by atoms with Gasteiger partial charge in [-0.05, 0) is 213 Å². The summed E-state index contributed by atoms with van der Waals surface area (Å²) in [4.78, 5) is 21.1. The van der Waals surface area contributed by atoms with Crippen molar-refractivity contribution in [3.8, 4) is 62.3 Å². The van der Waals surface area contributed by atoms with Gasteiger partial charge in [0, 0.05) is 81.7 Å².